The van der Waals surface area contributed by atoms with Gasteiger partial charge in [-0.05, 0) is 5.92 Å². The van der Waals surface area contributed by atoms with E-state index in [1.807, 2.05) is 13.8 Å². The minimum absolute atomic E-state index is 0.0743. The lowest BCUT2D eigenvalue weighted by Crippen LogP contribution is -2.38. The quantitative estimate of drug-likeness (QED) is 0.556. The lowest BCUT2D eigenvalue weighted by atomic mass is 9.97. The molecule has 1 aromatic carbocycles. The molecule has 0 saturated heterocycles. The fourth-order valence-electron chi connectivity index (χ4n) is 1.000. The fourth-order valence-corrected chi connectivity index (χ4v) is 1.000. The van der Waals surface area contributed by atoms with Gasteiger partial charge in [-0.1, -0.05) is 13.8 Å². The molecule has 0 aromatic heterocycles. The summed E-state index contributed by atoms with van der Waals surface area (Å²) in [6.07, 6.45) is 0. The third kappa shape index (κ3) is 0.667. The van der Waals surface area contributed by atoms with Crippen molar-refractivity contribution in [3.63, 3.8) is 0 Å². The van der Waals surface area contributed by atoms with Crippen LogP contribution in [0.15, 0.2) is 9.59 Å². The summed E-state index contributed by atoms with van der Waals surface area (Å²) in [5.74, 6) is 0.0743. The topological polar surface area (TPSA) is 60.2 Å². The van der Waals surface area contributed by atoms with Gasteiger partial charge in [-0.2, -0.15) is 0 Å². The third-order valence-electron chi connectivity index (χ3n) is 1.56. The largest absolute Gasteiger partial charge is 0.395 e. The molecule has 54 valence electrons. The predicted molar refractivity (Wildman–Crippen MR) is 39.9 cm³/mol. The van der Waals surface area contributed by atoms with Crippen LogP contribution in [-0.4, -0.2) is 0 Å². The molecule has 0 fully saturated rings. The van der Waals surface area contributed by atoms with Crippen molar-refractivity contribution in [3.05, 3.63) is 26.0 Å². The fraction of sp³-hybridized carbons (Fsp3) is 0.429. The van der Waals surface area contributed by atoms with E-state index in [1.165, 1.54) is 0 Å². The molecule has 1 rings (SSSR count). The van der Waals surface area contributed by atoms with Crippen molar-refractivity contribution >= 4 is 5.69 Å². The van der Waals surface area contributed by atoms with Gasteiger partial charge in [0, 0.05) is 5.56 Å². The van der Waals surface area contributed by atoms with Crippen LogP contribution < -0.4 is 16.6 Å². The van der Waals surface area contributed by atoms with Crippen LogP contribution in [0.5, 0.6) is 0 Å². The molecule has 0 aliphatic rings. The van der Waals surface area contributed by atoms with Crippen LogP contribution in [0.25, 0.3) is 0 Å². The normalized spacial score (nSPS) is 11.1. The Morgan fingerprint density at radius 3 is 1.90 bits per heavy atom. The molecule has 1 aromatic rings. The van der Waals surface area contributed by atoms with Gasteiger partial charge in [0.15, 0.2) is 0 Å². The number of nitrogen functional groups attached to an aromatic ring is 1. The number of nitrogens with two attached hydrogens (primary N) is 1. The summed E-state index contributed by atoms with van der Waals surface area (Å²) >= 11 is 0. The molecule has 0 amide bonds. The van der Waals surface area contributed by atoms with E-state index in [0.717, 1.165) is 0 Å². The third-order valence-corrected chi connectivity index (χ3v) is 1.56. The van der Waals surface area contributed by atoms with E-state index >= 15 is 0 Å². The van der Waals surface area contributed by atoms with Crippen LogP contribution in [0.1, 0.15) is 25.3 Å². The van der Waals surface area contributed by atoms with Crippen LogP contribution in [0.3, 0.4) is 0 Å². The van der Waals surface area contributed by atoms with E-state index in [-0.39, 0.29) is 11.6 Å². The van der Waals surface area contributed by atoms with E-state index in [2.05, 4.69) is 0 Å². The molecule has 0 saturated carbocycles. The van der Waals surface area contributed by atoms with Gasteiger partial charge < -0.3 is 5.73 Å². The summed E-state index contributed by atoms with van der Waals surface area (Å²) in [5.41, 5.74) is 4.98. The highest BCUT2D eigenvalue weighted by atomic mass is 16.2. The van der Waals surface area contributed by atoms with Gasteiger partial charge in [-0.3, -0.25) is 9.59 Å². The first-order valence-electron chi connectivity index (χ1n) is 3.14. The Morgan fingerprint density at radius 1 is 1.20 bits per heavy atom. The number of rotatable bonds is 1. The molecule has 2 N–H and O–H groups in total. The van der Waals surface area contributed by atoms with Crippen LogP contribution in [-0.2, 0) is 0 Å². The summed E-state index contributed by atoms with van der Waals surface area (Å²) in [6, 6.07) is 0. The summed E-state index contributed by atoms with van der Waals surface area (Å²) in [4.78, 5) is 21.3. The summed E-state index contributed by atoms with van der Waals surface area (Å²) in [6.45, 7) is 3.68. The highest BCUT2D eigenvalue weighted by Crippen LogP contribution is 2.14. The van der Waals surface area contributed by atoms with Gasteiger partial charge in [0.05, 0.1) is 5.69 Å². The van der Waals surface area contributed by atoms with Crippen molar-refractivity contribution in [3.8, 4) is 0 Å². The van der Waals surface area contributed by atoms with Crippen LogP contribution in [0.2, 0.25) is 0 Å². The smallest absolute Gasteiger partial charge is 0.249 e. The monoisotopic (exact) mass is 139 g/mol. The Bertz CT molecular complexity index is 318. The molecule has 0 heterocycles. The zero-order valence-electron chi connectivity index (χ0n) is 5.97. The molecule has 0 radical (unpaired) electrons. The Kier molecular flexibility index (Phi) is 1.35. The Labute approximate surface area is 58.2 Å². The molecule has 3 nitrogen and oxygen atoms in total. The van der Waals surface area contributed by atoms with Crippen molar-refractivity contribution < 1.29 is 0 Å². The number of anilines is 1. The Morgan fingerprint density at radius 2 is 1.70 bits per heavy atom. The van der Waals surface area contributed by atoms with Crippen LogP contribution >= 0.6 is 0 Å². The highest BCUT2D eigenvalue weighted by molar-refractivity contribution is 5.53. The molecule has 0 atom stereocenters. The average molecular weight is 139 g/mol. The van der Waals surface area contributed by atoms with Crippen molar-refractivity contribution in [2.24, 2.45) is 0 Å². The number of hydrogen-bond donors (Lipinski definition) is 1. The minimum Gasteiger partial charge on any atom is -0.395 e. The molecule has 0 spiro atoms. The zero-order chi connectivity index (χ0) is 7.89. The number of hydrogen-bond acceptors (Lipinski definition) is 3. The van der Waals surface area contributed by atoms with Gasteiger partial charge in [-0.25, -0.2) is 0 Å². The molecule has 0 aliphatic carbocycles. The van der Waals surface area contributed by atoms with E-state index < -0.39 is 10.9 Å². The van der Waals surface area contributed by atoms with E-state index in [9.17, 15) is 9.59 Å². The Hall–Kier alpha value is -1.12. The van der Waals surface area contributed by atoms with E-state index in [0.29, 0.717) is 5.56 Å². The first-order chi connectivity index (χ1) is 4.55. The van der Waals surface area contributed by atoms with Gasteiger partial charge in [-0.15, -0.1) is 0 Å². The lowest BCUT2D eigenvalue weighted by Gasteiger charge is -2.08. The van der Waals surface area contributed by atoms with Crippen LogP contribution in [0.4, 0.5) is 5.69 Å². The second-order valence-corrected chi connectivity index (χ2v) is 2.64. The lowest BCUT2D eigenvalue weighted by molar-refractivity contribution is 0.846. The summed E-state index contributed by atoms with van der Waals surface area (Å²) in [7, 11) is 0. The van der Waals surface area contributed by atoms with E-state index in [4.69, 9.17) is 5.73 Å². The Balaban J connectivity index is 3.23. The molecule has 0 bridgehead atoms. The predicted octanol–water partition coefficient (Wildman–Crippen LogP) is -0.0118. The van der Waals surface area contributed by atoms with Crippen molar-refractivity contribution in [1.29, 1.82) is 0 Å². The first-order valence-corrected chi connectivity index (χ1v) is 3.14. The molecule has 10 heavy (non-hydrogen) atoms. The minimum atomic E-state index is -0.524. The summed E-state index contributed by atoms with van der Waals surface area (Å²) < 4.78 is 0. The van der Waals surface area contributed by atoms with Crippen molar-refractivity contribution in [2.75, 3.05) is 5.73 Å². The van der Waals surface area contributed by atoms with Crippen molar-refractivity contribution in [1.82, 2.24) is 0 Å². The highest BCUT2D eigenvalue weighted by Gasteiger charge is 2.19. The molecule has 0 aliphatic heterocycles. The maximum absolute atomic E-state index is 10.7. The van der Waals surface area contributed by atoms with Crippen LogP contribution in [0, 0.1) is 0 Å². The van der Waals surface area contributed by atoms with Gasteiger partial charge in [0.2, 0.25) is 10.9 Å². The van der Waals surface area contributed by atoms with E-state index in [1.54, 1.807) is 0 Å². The maximum atomic E-state index is 10.7. The molecular weight excluding hydrogens is 130 g/mol. The molecular formula is C7H9NO2. The van der Waals surface area contributed by atoms with Crippen molar-refractivity contribution in [2.45, 2.75) is 19.8 Å². The summed E-state index contributed by atoms with van der Waals surface area (Å²) in [5, 5.41) is 0. The SMILES string of the molecule is CC(C)c1c(N)c(=O)c1=O. The zero-order valence-corrected chi connectivity index (χ0v) is 5.97. The first kappa shape index (κ1) is 6.99. The molecule has 3 heteroatoms. The second kappa shape index (κ2) is 1.94. The maximum Gasteiger partial charge on any atom is 0.249 e. The van der Waals surface area contributed by atoms with Gasteiger partial charge in [0.25, 0.3) is 0 Å². The average Bonchev–Trinajstić information content (AvgIpc) is 1.87. The second-order valence-electron chi connectivity index (χ2n) is 2.64. The molecule has 0 unspecified atom stereocenters. The standard InChI is InChI=1S/C7H9NO2/c1-3(2)4-5(8)7(10)6(4)9/h3H,8H2,1-2H3. The van der Waals surface area contributed by atoms with Gasteiger partial charge in [0.1, 0.15) is 0 Å². The van der Waals surface area contributed by atoms with Gasteiger partial charge >= 0.3 is 0 Å².